The van der Waals surface area contributed by atoms with Gasteiger partial charge < -0.3 is 4.74 Å². The van der Waals surface area contributed by atoms with E-state index in [4.69, 9.17) is 21.6 Å². The summed E-state index contributed by atoms with van der Waals surface area (Å²) in [5, 5.41) is 8.92. The van der Waals surface area contributed by atoms with Gasteiger partial charge in [0.05, 0.1) is 28.1 Å². The van der Waals surface area contributed by atoms with Gasteiger partial charge in [0, 0.05) is 13.7 Å². The van der Waals surface area contributed by atoms with Crippen molar-refractivity contribution < 1.29 is 13.2 Å². The lowest BCUT2D eigenvalue weighted by Gasteiger charge is -2.22. The van der Waals surface area contributed by atoms with Crippen LogP contribution in [0.5, 0.6) is 0 Å². The van der Waals surface area contributed by atoms with Crippen LogP contribution in [0, 0.1) is 11.3 Å². The molecule has 0 spiro atoms. The molecule has 0 bridgehead atoms. The average molecular weight is 301 g/mol. The van der Waals surface area contributed by atoms with Crippen LogP contribution in [-0.4, -0.2) is 39.0 Å². The van der Waals surface area contributed by atoms with Crippen LogP contribution in [-0.2, 0) is 14.8 Å². The summed E-state index contributed by atoms with van der Waals surface area (Å²) < 4.78 is 31.3. The Hall–Kier alpha value is -1.13. The summed E-state index contributed by atoms with van der Waals surface area (Å²) in [6, 6.07) is 5.86. The lowest BCUT2D eigenvalue weighted by molar-refractivity contribution is 0.181. The van der Waals surface area contributed by atoms with Gasteiger partial charge in [0.25, 0.3) is 0 Å². The molecule has 1 unspecified atom stereocenters. The number of sulfonamides is 1. The van der Waals surface area contributed by atoms with Gasteiger partial charge in [0.1, 0.15) is 6.07 Å². The first-order valence-corrected chi connectivity index (χ1v) is 7.54. The zero-order chi connectivity index (χ0) is 14.0. The monoisotopic (exact) mass is 300 g/mol. The molecule has 1 saturated heterocycles. The van der Waals surface area contributed by atoms with Crippen molar-refractivity contribution in [2.24, 2.45) is 0 Å². The Morgan fingerprint density at radius 3 is 2.79 bits per heavy atom. The molecule has 5 nitrogen and oxygen atoms in total. The summed E-state index contributed by atoms with van der Waals surface area (Å²) in [7, 11) is -2.08. The number of rotatable bonds is 3. The van der Waals surface area contributed by atoms with Gasteiger partial charge >= 0.3 is 0 Å². The Balaban J connectivity index is 2.34. The molecule has 2 rings (SSSR count). The molecule has 0 N–H and O–H groups in total. The molecule has 1 aromatic carbocycles. The van der Waals surface area contributed by atoms with Crippen LogP contribution in [0.15, 0.2) is 23.1 Å². The van der Waals surface area contributed by atoms with E-state index in [-0.39, 0.29) is 21.5 Å². The van der Waals surface area contributed by atoms with E-state index in [0.717, 1.165) is 0 Å². The Kier molecular flexibility index (Phi) is 4.11. The maximum Gasteiger partial charge on any atom is 0.243 e. The first-order chi connectivity index (χ1) is 8.96. The molecule has 7 heteroatoms. The SMILES string of the molecule is CN(C1CCOC1)S(=O)(=O)c1ccc(C#N)c(Cl)c1. The Bertz CT molecular complexity index is 618. The summed E-state index contributed by atoms with van der Waals surface area (Å²) in [5.74, 6) is 0. The largest absolute Gasteiger partial charge is 0.380 e. The highest BCUT2D eigenvalue weighted by Gasteiger charge is 2.30. The summed E-state index contributed by atoms with van der Waals surface area (Å²) >= 11 is 5.87. The highest BCUT2D eigenvalue weighted by Crippen LogP contribution is 2.25. The smallest absolute Gasteiger partial charge is 0.243 e. The van der Waals surface area contributed by atoms with E-state index in [0.29, 0.717) is 19.6 Å². The summed E-state index contributed by atoms with van der Waals surface area (Å²) in [6.07, 6.45) is 0.680. The summed E-state index contributed by atoms with van der Waals surface area (Å²) in [6.45, 7) is 0.971. The van der Waals surface area contributed by atoms with Crippen molar-refractivity contribution in [1.82, 2.24) is 4.31 Å². The minimum absolute atomic E-state index is 0.0888. The molecule has 0 amide bonds. The zero-order valence-electron chi connectivity index (χ0n) is 10.3. The average Bonchev–Trinajstić information content (AvgIpc) is 2.91. The van der Waals surface area contributed by atoms with Gasteiger partial charge in [-0.2, -0.15) is 9.57 Å². The van der Waals surface area contributed by atoms with Crippen molar-refractivity contribution in [2.45, 2.75) is 17.4 Å². The predicted molar refractivity (Wildman–Crippen MR) is 70.3 cm³/mol. The van der Waals surface area contributed by atoms with Gasteiger partial charge in [-0.1, -0.05) is 11.6 Å². The maximum absolute atomic E-state index is 12.4. The summed E-state index contributed by atoms with van der Waals surface area (Å²) in [4.78, 5) is 0.0888. The number of nitrogens with zero attached hydrogens (tertiary/aromatic N) is 2. The van der Waals surface area contributed by atoms with Gasteiger partial charge in [0.2, 0.25) is 10.0 Å². The molecular weight excluding hydrogens is 288 g/mol. The van der Waals surface area contributed by atoms with Gasteiger partial charge in [-0.3, -0.25) is 0 Å². The zero-order valence-corrected chi connectivity index (χ0v) is 11.9. The molecule has 0 aromatic heterocycles. The number of hydrogen-bond donors (Lipinski definition) is 0. The van der Waals surface area contributed by atoms with Crippen LogP contribution in [0.1, 0.15) is 12.0 Å². The lowest BCUT2D eigenvalue weighted by Crippen LogP contribution is -2.37. The van der Waals surface area contributed by atoms with Crippen molar-refractivity contribution in [3.63, 3.8) is 0 Å². The maximum atomic E-state index is 12.4. The predicted octanol–water partition coefficient (Wildman–Crippen LogP) is 1.62. The number of ether oxygens (including phenoxy) is 1. The second kappa shape index (κ2) is 5.47. The van der Waals surface area contributed by atoms with E-state index in [1.807, 2.05) is 6.07 Å². The highest BCUT2D eigenvalue weighted by molar-refractivity contribution is 7.89. The molecular formula is C12H13ClN2O3S. The third kappa shape index (κ3) is 2.74. The quantitative estimate of drug-likeness (QED) is 0.850. The lowest BCUT2D eigenvalue weighted by atomic mass is 10.2. The fourth-order valence-electron chi connectivity index (χ4n) is 1.92. The fourth-order valence-corrected chi connectivity index (χ4v) is 3.60. The molecule has 1 aliphatic heterocycles. The molecule has 19 heavy (non-hydrogen) atoms. The molecule has 0 saturated carbocycles. The summed E-state index contributed by atoms with van der Waals surface area (Å²) in [5.41, 5.74) is 0.257. The Morgan fingerprint density at radius 1 is 1.53 bits per heavy atom. The second-order valence-corrected chi connectivity index (χ2v) is 6.70. The van der Waals surface area contributed by atoms with Gasteiger partial charge in [-0.25, -0.2) is 8.42 Å². The Labute approximate surface area is 117 Å². The van der Waals surface area contributed by atoms with Crippen LogP contribution >= 0.6 is 11.6 Å². The van der Waals surface area contributed by atoms with Gasteiger partial charge in [-0.05, 0) is 24.6 Å². The van der Waals surface area contributed by atoms with Crippen molar-refractivity contribution in [2.75, 3.05) is 20.3 Å². The number of hydrogen-bond acceptors (Lipinski definition) is 4. The minimum atomic E-state index is -3.61. The number of benzene rings is 1. The van der Waals surface area contributed by atoms with Crippen LogP contribution < -0.4 is 0 Å². The van der Waals surface area contributed by atoms with Crippen LogP contribution in [0.25, 0.3) is 0 Å². The van der Waals surface area contributed by atoms with E-state index in [9.17, 15) is 8.42 Å². The van der Waals surface area contributed by atoms with Crippen LogP contribution in [0.3, 0.4) is 0 Å². The highest BCUT2D eigenvalue weighted by atomic mass is 35.5. The van der Waals surface area contributed by atoms with E-state index >= 15 is 0 Å². The Morgan fingerprint density at radius 2 is 2.26 bits per heavy atom. The number of halogens is 1. The topological polar surface area (TPSA) is 70.4 Å². The normalized spacial score (nSPS) is 19.6. The van der Waals surface area contributed by atoms with E-state index in [2.05, 4.69) is 0 Å². The third-order valence-corrected chi connectivity index (χ3v) is 5.38. The molecule has 1 atom stereocenters. The molecule has 102 valence electrons. The minimum Gasteiger partial charge on any atom is -0.380 e. The molecule has 1 fully saturated rings. The van der Waals surface area contributed by atoms with E-state index in [1.165, 1.54) is 29.6 Å². The first-order valence-electron chi connectivity index (χ1n) is 5.72. The fraction of sp³-hybridized carbons (Fsp3) is 0.417. The van der Waals surface area contributed by atoms with E-state index in [1.54, 1.807) is 0 Å². The molecule has 1 aliphatic rings. The van der Waals surface area contributed by atoms with Crippen molar-refractivity contribution in [3.05, 3.63) is 28.8 Å². The van der Waals surface area contributed by atoms with Crippen LogP contribution in [0.2, 0.25) is 5.02 Å². The molecule has 0 aliphatic carbocycles. The van der Waals surface area contributed by atoms with Gasteiger partial charge in [-0.15, -0.1) is 0 Å². The molecule has 1 heterocycles. The van der Waals surface area contributed by atoms with Crippen molar-refractivity contribution >= 4 is 21.6 Å². The first kappa shape index (κ1) is 14.3. The third-order valence-electron chi connectivity index (χ3n) is 3.16. The van der Waals surface area contributed by atoms with E-state index < -0.39 is 10.0 Å². The van der Waals surface area contributed by atoms with Gasteiger partial charge in [0.15, 0.2) is 0 Å². The molecule has 1 aromatic rings. The standard InChI is InChI=1S/C12H13ClN2O3S/c1-15(10-4-5-18-8-10)19(16,17)11-3-2-9(7-14)12(13)6-11/h2-3,6,10H,4-5,8H2,1H3. The molecule has 0 radical (unpaired) electrons. The number of nitriles is 1. The second-order valence-electron chi connectivity index (χ2n) is 4.29. The van der Waals surface area contributed by atoms with Crippen LogP contribution in [0.4, 0.5) is 0 Å². The van der Waals surface area contributed by atoms with Crippen molar-refractivity contribution in [1.29, 1.82) is 5.26 Å². The number of likely N-dealkylation sites (N-methyl/N-ethyl adjacent to an activating group) is 1. The van der Waals surface area contributed by atoms with Crippen molar-refractivity contribution in [3.8, 4) is 6.07 Å².